The van der Waals surface area contributed by atoms with E-state index in [1.165, 1.54) is 0 Å². The molecule has 0 spiro atoms. The van der Waals surface area contributed by atoms with Crippen LogP contribution in [0.3, 0.4) is 0 Å². The van der Waals surface area contributed by atoms with Gasteiger partial charge in [0.05, 0.1) is 0 Å². The van der Waals surface area contributed by atoms with Crippen LogP contribution in [0.25, 0.3) is 0 Å². The normalized spacial score (nSPS) is 10.0. The molecule has 1 aromatic rings. The zero-order valence-electron chi connectivity index (χ0n) is 7.71. The van der Waals surface area contributed by atoms with Gasteiger partial charge >= 0.3 is 0 Å². The van der Waals surface area contributed by atoms with Crippen LogP contribution in [0.4, 0.5) is 0 Å². The minimum absolute atomic E-state index is 0.322. The highest BCUT2D eigenvalue weighted by Crippen LogP contribution is 2.07. The molecule has 3 heteroatoms. The van der Waals surface area contributed by atoms with Crippen LogP contribution < -0.4 is 0 Å². The maximum atomic E-state index is 8.63. The Morgan fingerprint density at radius 1 is 1.08 bits per heavy atom. The van der Waals surface area contributed by atoms with Crippen LogP contribution in [0.1, 0.15) is 0 Å². The third kappa shape index (κ3) is 12.4. The molecule has 0 unspecified atom stereocenters. The van der Waals surface area contributed by atoms with Crippen molar-refractivity contribution >= 4 is 22.0 Å². The molecule has 1 nitrogen and oxygen atoms in total. The molecule has 0 fully saturated rings. The van der Waals surface area contributed by atoms with E-state index >= 15 is 0 Å². The molecule has 0 saturated heterocycles. The molecule has 1 N–H and O–H groups in total. The van der Waals surface area contributed by atoms with Crippen molar-refractivity contribution in [3.8, 4) is 5.75 Å². The lowest BCUT2D eigenvalue weighted by molar-refractivity contribution is 0.475. The Balaban J connectivity index is 0.000000217. The van der Waals surface area contributed by atoms with Crippen LogP contribution in [0.15, 0.2) is 30.3 Å². The molecule has 1 aromatic carbocycles. The van der Waals surface area contributed by atoms with E-state index in [-0.39, 0.29) is 0 Å². The third-order valence-corrected chi connectivity index (χ3v) is 0.756. The molecule has 0 aliphatic carbocycles. The van der Waals surface area contributed by atoms with E-state index in [0.717, 1.165) is 0 Å². The number of rotatable bonds is 0. The Labute approximate surface area is 83.0 Å². The first kappa shape index (κ1) is 11.7. The van der Waals surface area contributed by atoms with E-state index in [2.05, 4.69) is 34.9 Å². The quantitative estimate of drug-likeness (QED) is 0.548. The van der Waals surface area contributed by atoms with Gasteiger partial charge in [0.2, 0.25) is 0 Å². The van der Waals surface area contributed by atoms with Gasteiger partial charge in [-0.1, -0.05) is 37.8 Å². The van der Waals surface area contributed by atoms with Crippen LogP contribution in [0.5, 0.6) is 5.75 Å². The van der Waals surface area contributed by atoms with Crippen molar-refractivity contribution in [3.63, 3.8) is 0 Å². The molecular weight excluding hydrogens is 232 g/mol. The summed E-state index contributed by atoms with van der Waals surface area (Å²) in [7, 11) is 0. The van der Waals surface area contributed by atoms with Crippen molar-refractivity contribution in [2.45, 2.75) is 19.6 Å². The molecule has 0 atom stereocenters. The Hall–Kier alpha value is -0.283. The van der Waals surface area contributed by atoms with Crippen molar-refractivity contribution in [3.05, 3.63) is 30.3 Å². The second-order valence-corrected chi connectivity index (χ2v) is 14.7. The molecule has 0 bridgehead atoms. The SMILES string of the molecule is C[Si](C)(C)Br.Oc1ccccc1. The van der Waals surface area contributed by atoms with Crippen molar-refractivity contribution in [1.82, 2.24) is 0 Å². The summed E-state index contributed by atoms with van der Waals surface area (Å²) in [5.41, 5.74) is 0. The molecule has 0 aliphatic rings. The lowest BCUT2D eigenvalue weighted by Crippen LogP contribution is -2.05. The monoisotopic (exact) mass is 246 g/mol. The van der Waals surface area contributed by atoms with E-state index in [1.807, 2.05) is 6.07 Å². The Bertz CT molecular complexity index is 200. The molecule has 0 radical (unpaired) electrons. The molecule has 68 valence electrons. The van der Waals surface area contributed by atoms with Gasteiger partial charge in [-0.15, -0.1) is 15.3 Å². The van der Waals surface area contributed by atoms with Gasteiger partial charge in [-0.2, -0.15) is 0 Å². The summed E-state index contributed by atoms with van der Waals surface area (Å²) in [6.07, 6.45) is 0. The lowest BCUT2D eigenvalue weighted by atomic mass is 10.3. The predicted octanol–water partition coefficient (Wildman–Crippen LogP) is 3.61. The molecular formula is C9H15BrOSi. The van der Waals surface area contributed by atoms with Gasteiger partial charge in [0.1, 0.15) is 12.4 Å². The van der Waals surface area contributed by atoms with Gasteiger partial charge < -0.3 is 5.11 Å². The zero-order valence-corrected chi connectivity index (χ0v) is 10.3. The number of aromatic hydroxyl groups is 1. The number of hydrogen-bond acceptors (Lipinski definition) is 1. The number of hydrogen-bond donors (Lipinski definition) is 1. The molecule has 0 aromatic heterocycles. The van der Waals surface area contributed by atoms with Crippen LogP contribution in [-0.4, -0.2) is 11.8 Å². The number of phenolic OH excluding ortho intramolecular Hbond substituents is 1. The Morgan fingerprint density at radius 2 is 1.42 bits per heavy atom. The second-order valence-electron chi connectivity index (χ2n) is 3.40. The Morgan fingerprint density at radius 3 is 1.58 bits per heavy atom. The maximum absolute atomic E-state index is 8.63. The smallest absolute Gasteiger partial charge is 0.121 e. The van der Waals surface area contributed by atoms with Crippen molar-refractivity contribution in [2.75, 3.05) is 0 Å². The highest BCUT2D eigenvalue weighted by Gasteiger charge is 2.03. The summed E-state index contributed by atoms with van der Waals surface area (Å²) in [4.78, 5) is 0. The highest BCUT2D eigenvalue weighted by molar-refractivity contribution is 9.26. The van der Waals surface area contributed by atoms with Crippen molar-refractivity contribution in [1.29, 1.82) is 0 Å². The summed E-state index contributed by atoms with van der Waals surface area (Å²) in [6.45, 7) is 5.93. The fraction of sp³-hybridized carbons (Fsp3) is 0.333. The average Bonchev–Trinajstić information content (AvgIpc) is 1.85. The number of para-hydroxylation sites is 1. The number of phenols is 1. The average molecular weight is 247 g/mol. The first-order chi connectivity index (χ1) is 5.39. The molecule has 0 saturated carbocycles. The van der Waals surface area contributed by atoms with E-state index in [4.69, 9.17) is 5.11 Å². The third-order valence-electron chi connectivity index (χ3n) is 0.756. The van der Waals surface area contributed by atoms with E-state index in [0.29, 0.717) is 5.75 Å². The van der Waals surface area contributed by atoms with E-state index < -0.39 is 6.69 Å². The molecule has 0 heterocycles. The van der Waals surface area contributed by atoms with Gasteiger partial charge in [0.25, 0.3) is 0 Å². The molecule has 1 rings (SSSR count). The summed E-state index contributed by atoms with van der Waals surface area (Å²) in [5.74, 6) is 0.322. The first-order valence-electron chi connectivity index (χ1n) is 3.82. The van der Waals surface area contributed by atoms with Gasteiger partial charge in [-0.25, -0.2) is 0 Å². The molecule has 0 amide bonds. The van der Waals surface area contributed by atoms with Crippen molar-refractivity contribution in [2.24, 2.45) is 0 Å². The standard InChI is InChI=1S/C6H6O.C3H9BrSi/c7-6-4-2-1-3-5-6;1-5(2,3)4/h1-5,7H;1-3H3. The molecule has 12 heavy (non-hydrogen) atoms. The van der Waals surface area contributed by atoms with Crippen molar-refractivity contribution < 1.29 is 5.11 Å². The van der Waals surface area contributed by atoms with Gasteiger partial charge in [-0.3, -0.25) is 0 Å². The van der Waals surface area contributed by atoms with Crippen LogP contribution in [0, 0.1) is 0 Å². The highest BCUT2D eigenvalue weighted by atomic mass is 79.9. The summed E-state index contributed by atoms with van der Waals surface area (Å²) in [6, 6.07) is 8.71. The number of halogens is 1. The largest absolute Gasteiger partial charge is 0.508 e. The molecule has 0 aliphatic heterocycles. The van der Waals surface area contributed by atoms with E-state index in [1.54, 1.807) is 24.3 Å². The lowest BCUT2D eigenvalue weighted by Gasteiger charge is -1.98. The Kier molecular flexibility index (Phi) is 5.25. The first-order valence-corrected chi connectivity index (χ1v) is 9.58. The minimum atomic E-state index is -0.799. The van der Waals surface area contributed by atoms with Gasteiger partial charge in [0, 0.05) is 0 Å². The van der Waals surface area contributed by atoms with Gasteiger partial charge in [0.15, 0.2) is 0 Å². The number of benzene rings is 1. The fourth-order valence-electron chi connectivity index (χ4n) is 0.428. The summed E-state index contributed by atoms with van der Waals surface area (Å²) < 4.78 is 0. The van der Waals surface area contributed by atoms with Crippen LogP contribution in [0.2, 0.25) is 19.6 Å². The zero-order chi connectivity index (χ0) is 9.61. The maximum Gasteiger partial charge on any atom is 0.121 e. The fourth-order valence-corrected chi connectivity index (χ4v) is 0.428. The second kappa shape index (κ2) is 5.38. The van der Waals surface area contributed by atoms with E-state index in [9.17, 15) is 0 Å². The summed E-state index contributed by atoms with van der Waals surface area (Å²) in [5, 5.41) is 8.63. The topological polar surface area (TPSA) is 20.2 Å². The predicted molar refractivity (Wildman–Crippen MR) is 60.4 cm³/mol. The minimum Gasteiger partial charge on any atom is -0.508 e. The van der Waals surface area contributed by atoms with Crippen LogP contribution >= 0.6 is 15.3 Å². The van der Waals surface area contributed by atoms with Crippen LogP contribution in [-0.2, 0) is 0 Å². The summed E-state index contributed by atoms with van der Waals surface area (Å²) >= 11 is 3.51. The van der Waals surface area contributed by atoms with Gasteiger partial charge in [-0.05, 0) is 12.1 Å².